The first-order valence-electron chi connectivity index (χ1n) is 12.9. The average Bonchev–Trinajstić information content (AvgIpc) is 3.43. The molecule has 0 unspecified atom stereocenters. The minimum Gasteiger partial charge on any atom is -0.496 e. The van der Waals surface area contributed by atoms with Crippen LogP contribution in [-0.2, 0) is 13.1 Å². The number of halogens is 2. The lowest BCUT2D eigenvalue weighted by atomic mass is 10.0. The van der Waals surface area contributed by atoms with Crippen LogP contribution in [0.25, 0.3) is 11.1 Å². The number of nitriles is 1. The molecule has 0 atom stereocenters. The summed E-state index contributed by atoms with van der Waals surface area (Å²) in [4.78, 5) is 7.78. The van der Waals surface area contributed by atoms with E-state index in [9.17, 15) is 20.6 Å². The minimum atomic E-state index is -2.82. The first-order chi connectivity index (χ1) is 20.0. The molecule has 222 valence electrons. The van der Waals surface area contributed by atoms with Crippen molar-refractivity contribution < 1.29 is 29.2 Å². The normalized spacial score (nSPS) is 14.6. The average molecular weight is 617 g/mol. The van der Waals surface area contributed by atoms with Gasteiger partial charge < -0.3 is 34.5 Å². The molecule has 42 heavy (non-hydrogen) atoms. The molecule has 3 aromatic rings. The number of hydrogen-bond donors (Lipinski definition) is 4. The molecular weight excluding hydrogens is 585 g/mol. The van der Waals surface area contributed by atoms with Crippen LogP contribution < -0.4 is 14.8 Å². The first-order valence-corrected chi connectivity index (χ1v) is 13.6. The summed E-state index contributed by atoms with van der Waals surface area (Å²) in [5, 5.41) is 41.5. The van der Waals surface area contributed by atoms with E-state index in [2.05, 4.69) is 21.8 Å². The van der Waals surface area contributed by atoms with Gasteiger partial charge in [0, 0.05) is 61.7 Å². The molecule has 0 radical (unpaired) electrons. The monoisotopic (exact) mass is 615 g/mol. The van der Waals surface area contributed by atoms with Crippen LogP contribution in [-0.4, -0.2) is 77.8 Å². The van der Waals surface area contributed by atoms with E-state index in [0.29, 0.717) is 64.9 Å². The summed E-state index contributed by atoms with van der Waals surface area (Å²) in [7, 11) is 3.09. The summed E-state index contributed by atoms with van der Waals surface area (Å²) in [6, 6.07) is 10.9. The number of aliphatic hydroxyl groups is 3. The van der Waals surface area contributed by atoms with Gasteiger partial charge in [0.1, 0.15) is 23.3 Å². The van der Waals surface area contributed by atoms with Crippen molar-refractivity contribution in [2.24, 2.45) is 4.99 Å². The third-order valence-electron chi connectivity index (χ3n) is 6.76. The highest BCUT2D eigenvalue weighted by atomic mass is 35.5. The fraction of sp³-hybridized carbons (Fsp3) is 0.310. The summed E-state index contributed by atoms with van der Waals surface area (Å²) < 4.78 is 16.9. The second-order valence-corrected chi connectivity index (χ2v) is 10.4. The van der Waals surface area contributed by atoms with Crippen LogP contribution >= 0.6 is 23.2 Å². The molecular formula is C29H31Cl2N5O6. The molecule has 4 rings (SSSR count). The molecule has 13 heteroatoms. The van der Waals surface area contributed by atoms with Gasteiger partial charge in [-0.15, -0.1) is 0 Å². The van der Waals surface area contributed by atoms with Gasteiger partial charge in [0.05, 0.1) is 54.0 Å². The number of piperazine rings is 1. The van der Waals surface area contributed by atoms with E-state index >= 15 is 0 Å². The highest BCUT2D eigenvalue weighted by molar-refractivity contribution is 6.37. The van der Waals surface area contributed by atoms with Crippen LogP contribution in [0, 0.1) is 11.3 Å². The van der Waals surface area contributed by atoms with E-state index < -0.39 is 6.10 Å². The van der Waals surface area contributed by atoms with Crippen LogP contribution in [0.2, 0.25) is 10.0 Å². The molecule has 1 aliphatic rings. The third kappa shape index (κ3) is 7.61. The van der Waals surface area contributed by atoms with Crippen molar-refractivity contribution in [2.45, 2.75) is 19.2 Å². The largest absolute Gasteiger partial charge is 0.496 e. The van der Waals surface area contributed by atoms with Gasteiger partial charge in [0.25, 0.3) is 0 Å². The lowest BCUT2D eigenvalue weighted by Crippen LogP contribution is -2.57. The molecule has 2 heterocycles. The van der Waals surface area contributed by atoms with Gasteiger partial charge in [-0.3, -0.25) is 9.89 Å². The molecule has 0 aliphatic carbocycles. The van der Waals surface area contributed by atoms with Gasteiger partial charge in [-0.2, -0.15) is 5.26 Å². The zero-order valence-corrected chi connectivity index (χ0v) is 24.6. The Balaban J connectivity index is 1.59. The van der Waals surface area contributed by atoms with E-state index in [1.54, 1.807) is 25.5 Å². The van der Waals surface area contributed by atoms with E-state index in [4.69, 9.17) is 37.1 Å². The highest BCUT2D eigenvalue weighted by Gasteiger charge is 2.32. The lowest BCUT2D eigenvalue weighted by molar-refractivity contribution is -0.396. The molecule has 0 spiro atoms. The number of rotatable bonds is 11. The number of aliphatic imine (C=N–C) groups is 1. The molecule has 0 bridgehead atoms. The van der Waals surface area contributed by atoms with Gasteiger partial charge in [-0.25, -0.2) is 4.90 Å². The maximum atomic E-state index is 9.39. The fourth-order valence-electron chi connectivity index (χ4n) is 4.49. The summed E-state index contributed by atoms with van der Waals surface area (Å²) in [6.45, 7) is 6.07. The number of nitrogens with zero attached hydrogens (tertiary/aromatic N) is 4. The van der Waals surface area contributed by atoms with E-state index in [1.807, 2.05) is 24.3 Å². The topological polar surface area (TPSA) is 147 Å². The summed E-state index contributed by atoms with van der Waals surface area (Å²) >= 11 is 12.6. The second kappa shape index (κ2) is 13.6. The number of methoxy groups -OCH3 is 2. The molecule has 0 saturated carbocycles. The Bertz CT molecular complexity index is 1500. The molecule has 1 saturated heterocycles. The number of hydrogen-bond acceptors (Lipinski definition) is 11. The third-order valence-corrected chi connectivity index (χ3v) is 7.36. The molecule has 2 aromatic carbocycles. The fourth-order valence-corrected chi connectivity index (χ4v) is 5.01. The standard InChI is InChI=1S/C29H31Cl2N5O6/c1-18(13-32)14-33-25-10-22(20-8-21(42-17-20)16-35-4-6-36(7-5-35)29(37,38)39)27(40-2)9-19(25)15-34-26-12-28(41-3)24(31)11-23(26)30/h8-12,14,17,34,37-39H,1,4-7,15-16H2,2-3H3. The SMILES string of the molecule is C=C(C#N)C=Nc1cc(-c2coc(CN3CCN(C(O)(O)O)CC3)c2)c(OC)cc1CNc1cc(OC)c(Cl)cc1Cl. The Hall–Kier alpha value is -3.60. The van der Waals surface area contributed by atoms with Crippen molar-refractivity contribution in [2.75, 3.05) is 45.7 Å². The highest BCUT2D eigenvalue weighted by Crippen LogP contribution is 2.39. The molecule has 1 aliphatic heterocycles. The zero-order chi connectivity index (χ0) is 30.4. The van der Waals surface area contributed by atoms with E-state index in [-0.39, 0.29) is 18.7 Å². The number of nitrogens with one attached hydrogen (secondary N) is 1. The van der Waals surface area contributed by atoms with Crippen LogP contribution in [0.4, 0.5) is 11.4 Å². The summed E-state index contributed by atoms with van der Waals surface area (Å²) in [5.41, 5.74) is 3.64. The Morgan fingerprint density at radius 2 is 1.81 bits per heavy atom. The Kier molecular flexibility index (Phi) is 10.1. The molecule has 1 aromatic heterocycles. The van der Waals surface area contributed by atoms with E-state index in [1.165, 1.54) is 18.2 Å². The maximum absolute atomic E-state index is 9.39. The lowest BCUT2D eigenvalue weighted by Gasteiger charge is -2.37. The smallest absolute Gasteiger partial charge is 0.345 e. The minimum absolute atomic E-state index is 0.197. The predicted octanol–water partition coefficient (Wildman–Crippen LogP) is 4.37. The number of benzene rings is 2. The van der Waals surface area contributed by atoms with Crippen LogP contribution in [0.15, 0.2) is 58.2 Å². The zero-order valence-electron chi connectivity index (χ0n) is 23.1. The predicted molar refractivity (Wildman–Crippen MR) is 160 cm³/mol. The Labute approximate surface area is 253 Å². The Morgan fingerprint density at radius 3 is 2.45 bits per heavy atom. The van der Waals surface area contributed by atoms with Gasteiger partial charge in [-0.05, 0) is 24.3 Å². The van der Waals surface area contributed by atoms with Crippen LogP contribution in [0.1, 0.15) is 11.3 Å². The summed E-state index contributed by atoms with van der Waals surface area (Å²) in [6.07, 6.45) is 0.201. The van der Waals surface area contributed by atoms with Gasteiger partial charge in [0.2, 0.25) is 0 Å². The Morgan fingerprint density at radius 1 is 1.10 bits per heavy atom. The van der Waals surface area contributed by atoms with Crippen molar-refractivity contribution in [1.82, 2.24) is 9.80 Å². The number of allylic oxidation sites excluding steroid dienone is 1. The van der Waals surface area contributed by atoms with Crippen LogP contribution in [0.3, 0.4) is 0 Å². The quantitative estimate of drug-likeness (QED) is 0.139. The van der Waals surface area contributed by atoms with Gasteiger partial charge in [0.15, 0.2) is 0 Å². The summed E-state index contributed by atoms with van der Waals surface area (Å²) in [5.74, 6) is 1.75. The van der Waals surface area contributed by atoms with Gasteiger partial charge >= 0.3 is 6.10 Å². The van der Waals surface area contributed by atoms with Crippen molar-refractivity contribution in [3.63, 3.8) is 0 Å². The number of ether oxygens (including phenoxy) is 2. The van der Waals surface area contributed by atoms with Crippen molar-refractivity contribution in [1.29, 1.82) is 5.26 Å². The second-order valence-electron chi connectivity index (χ2n) is 9.56. The number of anilines is 1. The van der Waals surface area contributed by atoms with Crippen molar-refractivity contribution in [3.05, 3.63) is 70.1 Å². The first kappa shape index (κ1) is 31.3. The van der Waals surface area contributed by atoms with Crippen molar-refractivity contribution in [3.8, 4) is 28.7 Å². The number of furan rings is 1. The van der Waals surface area contributed by atoms with E-state index in [0.717, 1.165) is 16.7 Å². The molecule has 0 amide bonds. The maximum Gasteiger partial charge on any atom is 0.345 e. The molecule has 1 fully saturated rings. The van der Waals surface area contributed by atoms with Crippen LogP contribution in [0.5, 0.6) is 11.5 Å². The molecule has 11 nitrogen and oxygen atoms in total. The molecule has 4 N–H and O–H groups in total. The van der Waals surface area contributed by atoms with Crippen molar-refractivity contribution >= 4 is 40.8 Å². The van der Waals surface area contributed by atoms with Gasteiger partial charge in [-0.1, -0.05) is 29.8 Å².